The highest BCUT2D eigenvalue weighted by Crippen LogP contribution is 2.23. The molecular formula is C16H22ClNO5. The van der Waals surface area contributed by atoms with Crippen molar-refractivity contribution in [1.82, 2.24) is 5.32 Å². The van der Waals surface area contributed by atoms with Gasteiger partial charge < -0.3 is 19.5 Å². The minimum Gasteiger partial charge on any atom is -0.490 e. The van der Waals surface area contributed by atoms with Crippen molar-refractivity contribution in [2.45, 2.75) is 39.8 Å². The Kier molecular flexibility index (Phi) is 7.16. The largest absolute Gasteiger partial charge is 0.490 e. The fraction of sp³-hybridized carbons (Fsp3) is 0.500. The maximum atomic E-state index is 11.7. The molecule has 1 aromatic carbocycles. The lowest BCUT2D eigenvalue weighted by Crippen LogP contribution is -2.32. The van der Waals surface area contributed by atoms with E-state index in [1.165, 1.54) is 6.92 Å². The topological polar surface area (TPSA) is 73.9 Å². The van der Waals surface area contributed by atoms with E-state index in [1.807, 2.05) is 0 Å². The number of ether oxygens (including phenoxy) is 3. The van der Waals surface area contributed by atoms with E-state index < -0.39 is 11.7 Å². The summed E-state index contributed by atoms with van der Waals surface area (Å²) in [7, 11) is 0. The van der Waals surface area contributed by atoms with Crippen molar-refractivity contribution in [3.63, 3.8) is 0 Å². The summed E-state index contributed by atoms with van der Waals surface area (Å²) in [5.41, 5.74) is 0.177. The van der Waals surface area contributed by atoms with Crippen molar-refractivity contribution in [3.05, 3.63) is 28.8 Å². The summed E-state index contributed by atoms with van der Waals surface area (Å²) in [4.78, 5) is 22.4. The standard InChI is InChI=1S/C16H22ClNO5/c1-11(19)21-7-8-22-14-9-13(17)6-5-12(14)10-18-15(20)23-16(2,3)4/h5-6,9H,7-8,10H2,1-4H3,(H,18,20). The second-order valence-corrected chi connectivity index (χ2v) is 6.23. The van der Waals surface area contributed by atoms with Crippen molar-refractivity contribution < 1.29 is 23.8 Å². The molecule has 0 spiro atoms. The lowest BCUT2D eigenvalue weighted by molar-refractivity contribution is -0.141. The second-order valence-electron chi connectivity index (χ2n) is 5.80. The molecule has 0 bridgehead atoms. The van der Waals surface area contributed by atoms with Gasteiger partial charge in [0.1, 0.15) is 24.6 Å². The molecule has 0 unspecified atom stereocenters. The van der Waals surface area contributed by atoms with Crippen LogP contribution in [-0.4, -0.2) is 30.9 Å². The summed E-state index contributed by atoms with van der Waals surface area (Å²) >= 11 is 5.95. The molecule has 0 saturated carbocycles. The molecule has 0 aliphatic heterocycles. The van der Waals surface area contributed by atoms with Gasteiger partial charge in [-0.3, -0.25) is 4.79 Å². The normalized spacial score (nSPS) is 10.8. The number of halogens is 1. The Bertz CT molecular complexity index is 554. The quantitative estimate of drug-likeness (QED) is 0.633. The highest BCUT2D eigenvalue weighted by atomic mass is 35.5. The predicted molar refractivity (Wildman–Crippen MR) is 86.7 cm³/mol. The molecule has 1 aromatic rings. The monoisotopic (exact) mass is 343 g/mol. The maximum Gasteiger partial charge on any atom is 0.407 e. The average Bonchev–Trinajstić information content (AvgIpc) is 2.40. The van der Waals surface area contributed by atoms with Crippen LogP contribution in [0.1, 0.15) is 33.3 Å². The average molecular weight is 344 g/mol. The molecule has 7 heteroatoms. The Morgan fingerprint density at radius 3 is 2.52 bits per heavy atom. The van der Waals surface area contributed by atoms with Crippen molar-refractivity contribution in [1.29, 1.82) is 0 Å². The van der Waals surface area contributed by atoms with Crippen LogP contribution >= 0.6 is 11.6 Å². The van der Waals surface area contributed by atoms with E-state index >= 15 is 0 Å². The first-order valence-electron chi connectivity index (χ1n) is 7.19. The van der Waals surface area contributed by atoms with Gasteiger partial charge in [-0.05, 0) is 32.9 Å². The zero-order valence-corrected chi connectivity index (χ0v) is 14.5. The number of hydrogen-bond donors (Lipinski definition) is 1. The smallest absolute Gasteiger partial charge is 0.407 e. The molecule has 23 heavy (non-hydrogen) atoms. The van der Waals surface area contributed by atoms with Crippen LogP contribution in [0.2, 0.25) is 5.02 Å². The van der Waals surface area contributed by atoms with Gasteiger partial charge in [0.05, 0.1) is 0 Å². The van der Waals surface area contributed by atoms with E-state index in [-0.39, 0.29) is 25.7 Å². The number of alkyl carbamates (subject to hydrolysis) is 1. The van der Waals surface area contributed by atoms with Crippen LogP contribution in [0.15, 0.2) is 18.2 Å². The fourth-order valence-corrected chi connectivity index (χ4v) is 1.79. The molecule has 0 aromatic heterocycles. The molecule has 1 N–H and O–H groups in total. The predicted octanol–water partition coefficient (Wildman–Crippen LogP) is 3.31. The number of hydrogen-bond acceptors (Lipinski definition) is 5. The minimum absolute atomic E-state index is 0.140. The Hall–Kier alpha value is -1.95. The first-order chi connectivity index (χ1) is 10.7. The van der Waals surface area contributed by atoms with Gasteiger partial charge in [-0.2, -0.15) is 0 Å². The van der Waals surface area contributed by atoms with E-state index in [9.17, 15) is 9.59 Å². The highest BCUT2D eigenvalue weighted by Gasteiger charge is 2.16. The number of carbonyl (C=O) groups is 2. The molecule has 1 amide bonds. The van der Waals surface area contributed by atoms with Gasteiger partial charge in [0.2, 0.25) is 0 Å². The summed E-state index contributed by atoms with van der Waals surface area (Å²) in [6.45, 7) is 7.26. The third kappa shape index (κ3) is 8.30. The molecule has 0 heterocycles. The summed E-state index contributed by atoms with van der Waals surface area (Å²) < 4.78 is 15.5. The lowest BCUT2D eigenvalue weighted by atomic mass is 10.2. The second kappa shape index (κ2) is 8.62. The molecule has 0 aliphatic carbocycles. The number of nitrogens with one attached hydrogen (secondary N) is 1. The van der Waals surface area contributed by atoms with Crippen molar-refractivity contribution in [2.24, 2.45) is 0 Å². The Balaban J connectivity index is 2.60. The van der Waals surface area contributed by atoms with Gasteiger partial charge in [0, 0.05) is 24.1 Å². The van der Waals surface area contributed by atoms with Crippen LogP contribution in [0, 0.1) is 0 Å². The van der Waals surface area contributed by atoms with E-state index in [0.717, 1.165) is 5.56 Å². The number of benzene rings is 1. The molecule has 0 radical (unpaired) electrons. The summed E-state index contributed by atoms with van der Waals surface area (Å²) in [5.74, 6) is 0.146. The SMILES string of the molecule is CC(=O)OCCOc1cc(Cl)ccc1CNC(=O)OC(C)(C)C. The molecule has 1 rings (SSSR count). The number of esters is 1. The summed E-state index contributed by atoms with van der Waals surface area (Å²) in [6, 6.07) is 5.09. The first-order valence-corrected chi connectivity index (χ1v) is 7.56. The van der Waals surface area contributed by atoms with Crippen molar-refractivity contribution in [2.75, 3.05) is 13.2 Å². The fourth-order valence-electron chi connectivity index (χ4n) is 1.63. The minimum atomic E-state index is -0.562. The summed E-state index contributed by atoms with van der Waals surface area (Å²) in [5, 5.41) is 3.16. The van der Waals surface area contributed by atoms with Crippen LogP contribution < -0.4 is 10.1 Å². The van der Waals surface area contributed by atoms with Crippen molar-refractivity contribution >= 4 is 23.7 Å². The van der Waals surface area contributed by atoms with Gasteiger partial charge in [-0.25, -0.2) is 4.79 Å². The maximum absolute atomic E-state index is 11.7. The van der Waals surface area contributed by atoms with E-state index in [1.54, 1.807) is 39.0 Å². The van der Waals surface area contributed by atoms with Gasteiger partial charge in [0.15, 0.2) is 0 Å². The molecule has 0 atom stereocenters. The summed E-state index contributed by atoms with van der Waals surface area (Å²) in [6.07, 6.45) is -0.515. The van der Waals surface area contributed by atoms with E-state index in [2.05, 4.69) is 5.32 Å². The Labute approximate surface area is 141 Å². The molecule has 0 aliphatic rings. The molecule has 128 valence electrons. The molecular weight excluding hydrogens is 322 g/mol. The van der Waals surface area contributed by atoms with Crippen LogP contribution in [0.5, 0.6) is 5.75 Å². The van der Waals surface area contributed by atoms with Gasteiger partial charge in [-0.15, -0.1) is 0 Å². The number of rotatable bonds is 6. The molecule has 6 nitrogen and oxygen atoms in total. The van der Waals surface area contributed by atoms with Gasteiger partial charge in [-0.1, -0.05) is 17.7 Å². The van der Waals surface area contributed by atoms with Crippen LogP contribution in [-0.2, 0) is 20.8 Å². The van der Waals surface area contributed by atoms with Gasteiger partial charge in [0.25, 0.3) is 0 Å². The third-order valence-corrected chi connectivity index (χ3v) is 2.73. The highest BCUT2D eigenvalue weighted by molar-refractivity contribution is 6.30. The van der Waals surface area contributed by atoms with Crippen LogP contribution in [0.4, 0.5) is 4.79 Å². The zero-order chi connectivity index (χ0) is 17.5. The lowest BCUT2D eigenvalue weighted by Gasteiger charge is -2.20. The van der Waals surface area contributed by atoms with E-state index in [4.69, 9.17) is 25.8 Å². The van der Waals surface area contributed by atoms with E-state index in [0.29, 0.717) is 10.8 Å². The molecule has 0 fully saturated rings. The Morgan fingerprint density at radius 1 is 1.22 bits per heavy atom. The number of carbonyl (C=O) groups excluding carboxylic acids is 2. The number of amides is 1. The van der Waals surface area contributed by atoms with Crippen LogP contribution in [0.25, 0.3) is 0 Å². The molecule has 0 saturated heterocycles. The van der Waals surface area contributed by atoms with Crippen molar-refractivity contribution in [3.8, 4) is 5.75 Å². The van der Waals surface area contributed by atoms with Crippen LogP contribution in [0.3, 0.4) is 0 Å². The zero-order valence-electron chi connectivity index (χ0n) is 13.8. The Morgan fingerprint density at radius 2 is 1.91 bits per heavy atom. The third-order valence-electron chi connectivity index (χ3n) is 2.50. The first kappa shape index (κ1) is 19.1. The van der Waals surface area contributed by atoms with Gasteiger partial charge >= 0.3 is 12.1 Å².